The molecule has 84 valence electrons. The first-order chi connectivity index (χ1) is 8.45. The summed E-state index contributed by atoms with van der Waals surface area (Å²) in [6.45, 7) is 0. The number of rotatable bonds is 3. The van der Waals surface area contributed by atoms with Crippen LogP contribution in [-0.2, 0) is 0 Å². The molecular formula is C12H11N5. The predicted molar refractivity (Wildman–Crippen MR) is 62.2 cm³/mol. The van der Waals surface area contributed by atoms with Crippen LogP contribution in [0.2, 0.25) is 0 Å². The van der Waals surface area contributed by atoms with Gasteiger partial charge in [-0.05, 0) is 12.1 Å². The van der Waals surface area contributed by atoms with E-state index in [1.54, 1.807) is 31.2 Å². The molecule has 0 spiro atoms. The molecule has 5 heteroatoms. The Kier molecular flexibility index (Phi) is 2.42. The Morgan fingerprint density at radius 3 is 2.06 bits per heavy atom. The van der Waals surface area contributed by atoms with Gasteiger partial charge < -0.3 is 9.13 Å². The van der Waals surface area contributed by atoms with Crippen LogP contribution in [0.5, 0.6) is 0 Å². The second kappa shape index (κ2) is 4.21. The van der Waals surface area contributed by atoms with Gasteiger partial charge in [-0.25, -0.2) is 9.97 Å². The normalized spacial score (nSPS) is 10.9. The summed E-state index contributed by atoms with van der Waals surface area (Å²) in [5, 5.41) is 0. The van der Waals surface area contributed by atoms with Gasteiger partial charge in [0.05, 0.1) is 18.3 Å². The van der Waals surface area contributed by atoms with E-state index >= 15 is 0 Å². The summed E-state index contributed by atoms with van der Waals surface area (Å²) in [5.41, 5.74) is 0.948. The lowest BCUT2D eigenvalue weighted by Crippen LogP contribution is -2.18. The van der Waals surface area contributed by atoms with E-state index in [4.69, 9.17) is 0 Å². The molecule has 3 heterocycles. The molecule has 0 bridgehead atoms. The highest BCUT2D eigenvalue weighted by molar-refractivity contribution is 5.11. The molecule has 3 aromatic heterocycles. The summed E-state index contributed by atoms with van der Waals surface area (Å²) < 4.78 is 3.98. The fourth-order valence-corrected chi connectivity index (χ4v) is 1.82. The predicted octanol–water partition coefficient (Wildman–Crippen LogP) is 1.57. The van der Waals surface area contributed by atoms with Gasteiger partial charge in [-0.1, -0.05) is 6.07 Å². The van der Waals surface area contributed by atoms with Gasteiger partial charge in [0.2, 0.25) is 0 Å². The van der Waals surface area contributed by atoms with Crippen LogP contribution in [0, 0.1) is 0 Å². The summed E-state index contributed by atoms with van der Waals surface area (Å²) >= 11 is 0. The van der Waals surface area contributed by atoms with Crippen LogP contribution in [-0.4, -0.2) is 24.1 Å². The standard InChI is InChI=1S/C12H11N5/c1-2-4-15-11(3-1)12(16-7-5-13-9-16)17-8-6-14-10-17/h1-10,12H. The topological polar surface area (TPSA) is 48.5 Å². The van der Waals surface area contributed by atoms with Crippen LogP contribution >= 0.6 is 0 Å². The van der Waals surface area contributed by atoms with E-state index < -0.39 is 0 Å². The van der Waals surface area contributed by atoms with Crippen molar-refractivity contribution < 1.29 is 0 Å². The monoisotopic (exact) mass is 225 g/mol. The third-order valence-corrected chi connectivity index (χ3v) is 2.57. The van der Waals surface area contributed by atoms with Crippen molar-refractivity contribution in [1.82, 2.24) is 24.1 Å². The first-order valence-electron chi connectivity index (χ1n) is 5.31. The van der Waals surface area contributed by atoms with Crippen molar-refractivity contribution >= 4 is 0 Å². The summed E-state index contributed by atoms with van der Waals surface area (Å²) in [6, 6.07) is 5.87. The van der Waals surface area contributed by atoms with Gasteiger partial charge in [-0.3, -0.25) is 4.98 Å². The minimum absolute atomic E-state index is 0.0406. The molecule has 0 unspecified atom stereocenters. The molecule has 17 heavy (non-hydrogen) atoms. The molecule has 0 amide bonds. The highest BCUT2D eigenvalue weighted by atomic mass is 15.2. The SMILES string of the molecule is c1ccc(C(n2ccnc2)n2ccnc2)nc1. The molecular weight excluding hydrogens is 214 g/mol. The van der Waals surface area contributed by atoms with Gasteiger partial charge >= 0.3 is 0 Å². The Bertz CT molecular complexity index is 522. The summed E-state index contributed by atoms with van der Waals surface area (Å²) in [5.74, 6) is 0. The molecule has 5 nitrogen and oxygen atoms in total. The minimum atomic E-state index is -0.0406. The third kappa shape index (κ3) is 1.82. The molecule has 0 saturated heterocycles. The average molecular weight is 225 g/mol. The quantitative estimate of drug-likeness (QED) is 0.679. The van der Waals surface area contributed by atoms with Crippen molar-refractivity contribution in [2.45, 2.75) is 6.17 Å². The molecule has 0 radical (unpaired) electrons. The first kappa shape index (κ1) is 9.77. The second-order valence-electron chi connectivity index (χ2n) is 3.65. The minimum Gasteiger partial charge on any atom is -0.310 e. The fourth-order valence-electron chi connectivity index (χ4n) is 1.82. The van der Waals surface area contributed by atoms with Crippen LogP contribution in [0.1, 0.15) is 11.9 Å². The van der Waals surface area contributed by atoms with E-state index in [9.17, 15) is 0 Å². The molecule has 3 aromatic rings. The van der Waals surface area contributed by atoms with Crippen LogP contribution in [0.25, 0.3) is 0 Å². The molecule has 0 aromatic carbocycles. The summed E-state index contributed by atoms with van der Waals surface area (Å²) in [7, 11) is 0. The van der Waals surface area contributed by atoms with Gasteiger partial charge in [0.15, 0.2) is 6.17 Å². The Balaban J connectivity index is 2.10. The van der Waals surface area contributed by atoms with E-state index in [1.165, 1.54) is 0 Å². The maximum absolute atomic E-state index is 4.39. The second-order valence-corrected chi connectivity index (χ2v) is 3.65. The molecule has 0 aliphatic heterocycles. The Morgan fingerprint density at radius 2 is 1.59 bits per heavy atom. The van der Waals surface area contributed by atoms with Gasteiger partial charge in [-0.15, -0.1) is 0 Å². The number of imidazole rings is 2. The third-order valence-electron chi connectivity index (χ3n) is 2.57. The zero-order chi connectivity index (χ0) is 11.5. The fraction of sp³-hybridized carbons (Fsp3) is 0.0833. The number of pyridine rings is 1. The van der Waals surface area contributed by atoms with Crippen LogP contribution in [0.4, 0.5) is 0 Å². The molecule has 3 rings (SSSR count). The maximum atomic E-state index is 4.39. The lowest BCUT2D eigenvalue weighted by molar-refractivity contribution is 0.490. The van der Waals surface area contributed by atoms with Gasteiger partial charge in [-0.2, -0.15) is 0 Å². The highest BCUT2D eigenvalue weighted by Gasteiger charge is 2.15. The summed E-state index contributed by atoms with van der Waals surface area (Å²) in [6.07, 6.45) is 12.6. The van der Waals surface area contributed by atoms with Crippen molar-refractivity contribution in [3.63, 3.8) is 0 Å². The van der Waals surface area contributed by atoms with Crippen molar-refractivity contribution in [3.05, 3.63) is 67.5 Å². The first-order valence-corrected chi connectivity index (χ1v) is 5.31. The number of hydrogen-bond donors (Lipinski definition) is 0. The largest absolute Gasteiger partial charge is 0.310 e. The van der Waals surface area contributed by atoms with Crippen LogP contribution in [0.15, 0.2) is 61.8 Å². The maximum Gasteiger partial charge on any atom is 0.154 e. The van der Waals surface area contributed by atoms with E-state index in [0.29, 0.717) is 0 Å². The number of hydrogen-bond acceptors (Lipinski definition) is 3. The molecule has 0 aliphatic rings. The Labute approximate surface area is 98.4 Å². The summed E-state index contributed by atoms with van der Waals surface area (Å²) in [4.78, 5) is 12.6. The zero-order valence-corrected chi connectivity index (χ0v) is 9.09. The van der Waals surface area contributed by atoms with E-state index in [2.05, 4.69) is 15.0 Å². The Morgan fingerprint density at radius 1 is 0.882 bits per heavy atom. The number of aromatic nitrogens is 5. The molecule has 0 N–H and O–H groups in total. The van der Waals surface area contributed by atoms with Crippen molar-refractivity contribution in [1.29, 1.82) is 0 Å². The van der Waals surface area contributed by atoms with E-state index in [0.717, 1.165) is 5.69 Å². The van der Waals surface area contributed by atoms with E-state index in [-0.39, 0.29) is 6.17 Å². The lowest BCUT2D eigenvalue weighted by atomic mass is 10.3. The van der Waals surface area contributed by atoms with Gasteiger partial charge in [0.1, 0.15) is 0 Å². The van der Waals surface area contributed by atoms with E-state index in [1.807, 2.05) is 39.7 Å². The lowest BCUT2D eigenvalue weighted by Gasteiger charge is -2.19. The van der Waals surface area contributed by atoms with Gasteiger partial charge in [0, 0.05) is 31.0 Å². The van der Waals surface area contributed by atoms with Crippen molar-refractivity contribution in [2.24, 2.45) is 0 Å². The zero-order valence-electron chi connectivity index (χ0n) is 9.09. The molecule has 0 atom stereocenters. The molecule has 0 saturated carbocycles. The van der Waals surface area contributed by atoms with Gasteiger partial charge in [0.25, 0.3) is 0 Å². The molecule has 0 aliphatic carbocycles. The number of nitrogens with zero attached hydrogens (tertiary/aromatic N) is 5. The smallest absolute Gasteiger partial charge is 0.154 e. The van der Waals surface area contributed by atoms with Crippen LogP contribution in [0.3, 0.4) is 0 Å². The van der Waals surface area contributed by atoms with Crippen molar-refractivity contribution in [3.8, 4) is 0 Å². The van der Waals surface area contributed by atoms with Crippen molar-refractivity contribution in [2.75, 3.05) is 0 Å². The van der Waals surface area contributed by atoms with Crippen LogP contribution < -0.4 is 0 Å². The Hall–Kier alpha value is -2.43. The highest BCUT2D eigenvalue weighted by Crippen LogP contribution is 2.17. The molecule has 0 fully saturated rings. The average Bonchev–Trinajstić information content (AvgIpc) is 3.04.